The Labute approximate surface area is 134 Å². The Balaban J connectivity index is 2.11. The molecule has 1 aromatic carbocycles. The lowest BCUT2D eigenvalue weighted by Crippen LogP contribution is -2.46. The second-order valence-electron chi connectivity index (χ2n) is 4.93. The average molecular weight is 336 g/mol. The summed E-state index contributed by atoms with van der Waals surface area (Å²) in [6.45, 7) is -0.534. The number of aliphatic carboxylic acids is 1. The molecule has 0 fully saturated rings. The maximum Gasteiger partial charge on any atom is 0.323 e. The van der Waals surface area contributed by atoms with Gasteiger partial charge in [0, 0.05) is 6.20 Å². The first-order valence-corrected chi connectivity index (χ1v) is 8.44. The molecule has 2 rings (SSSR count). The van der Waals surface area contributed by atoms with Gasteiger partial charge >= 0.3 is 5.97 Å². The van der Waals surface area contributed by atoms with Crippen LogP contribution in [-0.2, 0) is 25.4 Å². The first kappa shape index (κ1) is 16.9. The number of nitrogens with zero attached hydrogens (tertiary/aromatic N) is 1. The molecule has 2 N–H and O–H groups in total. The first-order chi connectivity index (χ1) is 10.9. The highest BCUT2D eigenvalue weighted by Crippen LogP contribution is 2.09. The number of rotatable bonds is 6. The van der Waals surface area contributed by atoms with Gasteiger partial charge < -0.3 is 10.0 Å². The molecule has 0 saturated heterocycles. The van der Waals surface area contributed by atoms with Crippen LogP contribution in [0.25, 0.3) is 0 Å². The van der Waals surface area contributed by atoms with E-state index in [9.17, 15) is 18.0 Å². The van der Waals surface area contributed by atoms with Gasteiger partial charge in [-0.3, -0.25) is 9.59 Å². The Kier molecular flexibility index (Phi) is 5.30. The average Bonchev–Trinajstić information content (AvgIpc) is 2.63. The molecule has 1 unspecified atom stereocenters. The molecule has 1 heterocycles. The van der Waals surface area contributed by atoms with E-state index in [4.69, 9.17) is 5.11 Å². The summed E-state index contributed by atoms with van der Waals surface area (Å²) in [5.41, 5.74) is 0.588. The zero-order chi connectivity index (χ0) is 16.9. The molecule has 7 nitrogen and oxygen atoms in total. The number of amides is 1. The van der Waals surface area contributed by atoms with Gasteiger partial charge in [0.15, 0.2) is 0 Å². The molecule has 122 valence electrons. The van der Waals surface area contributed by atoms with Gasteiger partial charge in [-0.05, 0) is 11.6 Å². The summed E-state index contributed by atoms with van der Waals surface area (Å²) in [4.78, 5) is 24.0. The van der Waals surface area contributed by atoms with Crippen molar-refractivity contribution in [3.05, 3.63) is 60.3 Å². The highest BCUT2D eigenvalue weighted by molar-refractivity contribution is 7.88. The molecule has 0 bridgehead atoms. The zero-order valence-electron chi connectivity index (χ0n) is 12.1. The molecule has 0 radical (unpaired) electrons. The van der Waals surface area contributed by atoms with Crippen molar-refractivity contribution in [3.63, 3.8) is 0 Å². The molecular formula is C15H16N2O5S. The van der Waals surface area contributed by atoms with Crippen molar-refractivity contribution in [3.8, 4) is 0 Å². The molecule has 1 aromatic rings. The number of allylic oxidation sites excluding steroid dienone is 2. The summed E-state index contributed by atoms with van der Waals surface area (Å²) < 4.78 is 26.7. The third-order valence-corrected chi connectivity index (χ3v) is 4.37. The highest BCUT2D eigenvalue weighted by atomic mass is 32.2. The molecule has 0 spiro atoms. The minimum absolute atomic E-state index is 0.266. The third-order valence-electron chi connectivity index (χ3n) is 3.04. The van der Waals surface area contributed by atoms with Gasteiger partial charge in [-0.15, -0.1) is 0 Å². The van der Waals surface area contributed by atoms with Crippen LogP contribution in [-0.4, -0.2) is 42.9 Å². The van der Waals surface area contributed by atoms with Crippen LogP contribution in [0.1, 0.15) is 5.56 Å². The van der Waals surface area contributed by atoms with E-state index >= 15 is 0 Å². The summed E-state index contributed by atoms with van der Waals surface area (Å²) in [7, 11) is -3.76. The smallest absolute Gasteiger partial charge is 0.323 e. The highest BCUT2D eigenvalue weighted by Gasteiger charge is 2.27. The molecule has 8 heteroatoms. The molecule has 1 atom stereocenters. The van der Waals surface area contributed by atoms with Crippen LogP contribution >= 0.6 is 0 Å². The fourth-order valence-electron chi connectivity index (χ4n) is 2.06. The van der Waals surface area contributed by atoms with Crippen molar-refractivity contribution in [2.45, 2.75) is 11.8 Å². The Morgan fingerprint density at radius 2 is 1.91 bits per heavy atom. The molecule has 23 heavy (non-hydrogen) atoms. The SMILES string of the molecule is O=C(O)CN1C=CC=CC(NS(=O)(=O)Cc2ccccc2)C1=O. The van der Waals surface area contributed by atoms with E-state index in [0.717, 1.165) is 4.90 Å². The standard InChI is InChI=1S/C15H16N2O5S/c18-14(19)10-17-9-5-4-8-13(15(17)20)16-23(21,22)11-12-6-2-1-3-7-12/h1-9,13,16H,10-11H2,(H,18,19). The number of carboxylic acid groups (broad SMARTS) is 1. The molecular weight excluding hydrogens is 320 g/mol. The van der Waals surface area contributed by atoms with Crippen LogP contribution in [0, 0.1) is 0 Å². The molecule has 0 saturated carbocycles. The van der Waals surface area contributed by atoms with Gasteiger partial charge in [0.1, 0.15) is 12.6 Å². The molecule has 1 amide bonds. The van der Waals surface area contributed by atoms with Gasteiger partial charge in [-0.25, -0.2) is 8.42 Å². The summed E-state index contributed by atoms with van der Waals surface area (Å²) >= 11 is 0. The van der Waals surface area contributed by atoms with Crippen molar-refractivity contribution < 1.29 is 23.1 Å². The number of sulfonamides is 1. The number of hydrogen-bond donors (Lipinski definition) is 2. The largest absolute Gasteiger partial charge is 0.480 e. The predicted octanol–water partition coefficient (Wildman–Crippen LogP) is 0.471. The topological polar surface area (TPSA) is 104 Å². The Hall–Kier alpha value is -2.45. The third kappa shape index (κ3) is 5.04. The Bertz CT molecular complexity index is 740. The normalized spacial score (nSPS) is 18.0. The molecule has 1 aliphatic heterocycles. The lowest BCUT2D eigenvalue weighted by atomic mass is 10.2. The van der Waals surface area contributed by atoms with E-state index in [0.29, 0.717) is 5.56 Å². The van der Waals surface area contributed by atoms with E-state index in [1.165, 1.54) is 24.4 Å². The number of benzene rings is 1. The van der Waals surface area contributed by atoms with Crippen molar-refractivity contribution in [2.24, 2.45) is 0 Å². The van der Waals surface area contributed by atoms with Crippen LogP contribution < -0.4 is 4.72 Å². The summed E-state index contributed by atoms with van der Waals surface area (Å²) in [5, 5.41) is 8.80. The lowest BCUT2D eigenvalue weighted by molar-refractivity contribution is -0.142. The van der Waals surface area contributed by atoms with Gasteiger partial charge in [-0.1, -0.05) is 42.5 Å². The maximum absolute atomic E-state index is 12.2. The predicted molar refractivity (Wildman–Crippen MR) is 83.6 cm³/mol. The van der Waals surface area contributed by atoms with Gasteiger partial charge in [0.2, 0.25) is 15.9 Å². The quantitative estimate of drug-likeness (QED) is 0.786. The first-order valence-electron chi connectivity index (χ1n) is 6.78. The number of hydrogen-bond acceptors (Lipinski definition) is 4. The van der Waals surface area contributed by atoms with Gasteiger partial charge in [0.05, 0.1) is 5.75 Å². The molecule has 0 aromatic heterocycles. The zero-order valence-corrected chi connectivity index (χ0v) is 12.9. The van der Waals surface area contributed by atoms with Gasteiger partial charge in [-0.2, -0.15) is 4.72 Å². The van der Waals surface area contributed by atoms with Crippen molar-refractivity contribution >= 4 is 21.9 Å². The van der Waals surface area contributed by atoms with Crippen LogP contribution in [0.2, 0.25) is 0 Å². The minimum atomic E-state index is -3.76. The van der Waals surface area contributed by atoms with E-state index in [1.54, 1.807) is 30.3 Å². The van der Waals surface area contributed by atoms with E-state index in [1.807, 2.05) is 0 Å². The fraction of sp³-hybridized carbons (Fsp3) is 0.200. The second-order valence-corrected chi connectivity index (χ2v) is 6.68. The Morgan fingerprint density at radius 1 is 1.22 bits per heavy atom. The molecule has 1 aliphatic rings. The monoisotopic (exact) mass is 336 g/mol. The van der Waals surface area contributed by atoms with Crippen LogP contribution in [0.4, 0.5) is 0 Å². The van der Waals surface area contributed by atoms with Crippen molar-refractivity contribution in [2.75, 3.05) is 6.54 Å². The van der Waals surface area contributed by atoms with E-state index in [-0.39, 0.29) is 5.75 Å². The summed E-state index contributed by atoms with van der Waals surface area (Å²) in [5.74, 6) is -2.09. The van der Waals surface area contributed by atoms with Crippen molar-refractivity contribution in [1.82, 2.24) is 9.62 Å². The van der Waals surface area contributed by atoms with Crippen LogP contribution in [0.5, 0.6) is 0 Å². The van der Waals surface area contributed by atoms with E-state index < -0.39 is 34.5 Å². The lowest BCUT2D eigenvalue weighted by Gasteiger charge is -2.20. The number of carbonyl (C=O) groups excluding carboxylic acids is 1. The summed E-state index contributed by atoms with van der Waals surface area (Å²) in [6.07, 6.45) is 5.66. The Morgan fingerprint density at radius 3 is 2.57 bits per heavy atom. The van der Waals surface area contributed by atoms with E-state index in [2.05, 4.69) is 4.72 Å². The second kappa shape index (κ2) is 7.21. The minimum Gasteiger partial charge on any atom is -0.480 e. The van der Waals surface area contributed by atoms with Gasteiger partial charge in [0.25, 0.3) is 0 Å². The summed E-state index contributed by atoms with van der Waals surface area (Å²) in [6, 6.07) is 7.42. The number of carboxylic acids is 1. The number of nitrogens with one attached hydrogen (secondary N) is 1. The fourth-order valence-corrected chi connectivity index (χ4v) is 3.34. The van der Waals surface area contributed by atoms with Crippen LogP contribution in [0.3, 0.4) is 0 Å². The maximum atomic E-state index is 12.2. The van der Waals surface area contributed by atoms with Crippen molar-refractivity contribution in [1.29, 1.82) is 0 Å². The number of carbonyl (C=O) groups is 2. The molecule has 0 aliphatic carbocycles. The van der Waals surface area contributed by atoms with Crippen LogP contribution in [0.15, 0.2) is 54.8 Å².